The number of benzene rings is 2. The molecule has 2 amide bonds. The van der Waals surface area contributed by atoms with Crippen LogP contribution in [0.2, 0.25) is 0 Å². The van der Waals surface area contributed by atoms with Gasteiger partial charge in [0.2, 0.25) is 5.91 Å². The highest BCUT2D eigenvalue weighted by molar-refractivity contribution is 6.06. The summed E-state index contributed by atoms with van der Waals surface area (Å²) in [6.45, 7) is 5.99. The first-order valence-electron chi connectivity index (χ1n) is 8.98. The van der Waals surface area contributed by atoms with Crippen LogP contribution >= 0.6 is 0 Å². The van der Waals surface area contributed by atoms with Gasteiger partial charge in [0.1, 0.15) is 0 Å². The SMILES string of the molecule is Cc1cc(C(=O)NCc2ccc(NC(=O)C(C)C)cc2)c2ccccc2n1. The van der Waals surface area contributed by atoms with Gasteiger partial charge < -0.3 is 10.6 Å². The number of aromatic nitrogens is 1. The highest BCUT2D eigenvalue weighted by Gasteiger charge is 2.12. The van der Waals surface area contributed by atoms with Gasteiger partial charge in [-0.2, -0.15) is 0 Å². The summed E-state index contributed by atoms with van der Waals surface area (Å²) in [6.07, 6.45) is 0. The van der Waals surface area contributed by atoms with Crippen molar-refractivity contribution in [3.05, 3.63) is 71.4 Å². The van der Waals surface area contributed by atoms with Crippen LogP contribution in [0.4, 0.5) is 5.69 Å². The molecule has 0 bridgehead atoms. The van der Waals surface area contributed by atoms with Crippen LogP contribution in [0.1, 0.15) is 35.5 Å². The van der Waals surface area contributed by atoms with Crippen LogP contribution in [0.3, 0.4) is 0 Å². The number of nitrogens with zero attached hydrogens (tertiary/aromatic N) is 1. The van der Waals surface area contributed by atoms with Gasteiger partial charge in [-0.15, -0.1) is 0 Å². The monoisotopic (exact) mass is 361 g/mol. The molecular formula is C22H23N3O2. The summed E-state index contributed by atoms with van der Waals surface area (Å²) in [5.74, 6) is -0.215. The molecular weight excluding hydrogens is 338 g/mol. The maximum absolute atomic E-state index is 12.7. The number of aryl methyl sites for hydroxylation is 1. The molecule has 3 aromatic rings. The Balaban J connectivity index is 1.69. The first kappa shape index (κ1) is 18.6. The third kappa shape index (κ3) is 4.50. The number of carbonyl (C=O) groups is 2. The predicted octanol–water partition coefficient (Wildman–Crippen LogP) is 4.07. The Morgan fingerprint density at radius 1 is 1.04 bits per heavy atom. The minimum Gasteiger partial charge on any atom is -0.348 e. The standard InChI is InChI=1S/C22H23N3O2/c1-14(2)21(26)25-17-10-8-16(9-11-17)13-23-22(27)19-12-15(3)24-20-7-5-4-6-18(19)20/h4-12,14H,13H2,1-3H3,(H,23,27)(H,25,26). The maximum Gasteiger partial charge on any atom is 0.252 e. The molecule has 5 nitrogen and oxygen atoms in total. The van der Waals surface area contributed by atoms with Crippen molar-refractivity contribution >= 4 is 28.4 Å². The maximum atomic E-state index is 12.7. The topological polar surface area (TPSA) is 71.1 Å². The molecule has 138 valence electrons. The van der Waals surface area contributed by atoms with Gasteiger partial charge in [0.15, 0.2) is 0 Å². The summed E-state index contributed by atoms with van der Waals surface area (Å²) in [7, 11) is 0. The molecule has 0 saturated heterocycles. The Morgan fingerprint density at radius 3 is 2.44 bits per heavy atom. The quantitative estimate of drug-likeness (QED) is 0.720. The fraction of sp³-hybridized carbons (Fsp3) is 0.227. The van der Waals surface area contributed by atoms with Crippen LogP contribution < -0.4 is 10.6 Å². The average molecular weight is 361 g/mol. The zero-order valence-corrected chi connectivity index (χ0v) is 15.7. The van der Waals surface area contributed by atoms with E-state index < -0.39 is 0 Å². The van der Waals surface area contributed by atoms with Crippen molar-refractivity contribution in [1.29, 1.82) is 0 Å². The van der Waals surface area contributed by atoms with Crippen LogP contribution in [0.25, 0.3) is 10.9 Å². The summed E-state index contributed by atoms with van der Waals surface area (Å²) in [4.78, 5) is 28.9. The normalized spacial score (nSPS) is 10.8. The number of anilines is 1. The second-order valence-corrected chi connectivity index (χ2v) is 6.85. The van der Waals surface area contributed by atoms with Gasteiger partial charge in [-0.25, -0.2) is 0 Å². The van der Waals surface area contributed by atoms with Gasteiger partial charge in [0.25, 0.3) is 5.91 Å². The predicted molar refractivity (Wildman–Crippen MR) is 108 cm³/mol. The smallest absolute Gasteiger partial charge is 0.252 e. The first-order chi connectivity index (χ1) is 12.9. The fourth-order valence-corrected chi connectivity index (χ4v) is 2.77. The molecule has 5 heteroatoms. The Hall–Kier alpha value is -3.21. The molecule has 2 aromatic carbocycles. The van der Waals surface area contributed by atoms with E-state index in [0.29, 0.717) is 12.1 Å². The second-order valence-electron chi connectivity index (χ2n) is 6.85. The van der Waals surface area contributed by atoms with Gasteiger partial charge in [-0.05, 0) is 36.8 Å². The molecule has 27 heavy (non-hydrogen) atoms. The lowest BCUT2D eigenvalue weighted by atomic mass is 10.1. The average Bonchev–Trinajstić information content (AvgIpc) is 2.66. The molecule has 0 spiro atoms. The van der Waals surface area contributed by atoms with Gasteiger partial charge in [0.05, 0.1) is 11.1 Å². The third-order valence-electron chi connectivity index (χ3n) is 4.29. The summed E-state index contributed by atoms with van der Waals surface area (Å²) < 4.78 is 0. The van der Waals surface area contributed by atoms with E-state index in [1.165, 1.54) is 0 Å². The molecule has 2 N–H and O–H groups in total. The van der Waals surface area contributed by atoms with Crippen LogP contribution in [0.15, 0.2) is 54.6 Å². The lowest BCUT2D eigenvalue weighted by Gasteiger charge is -2.10. The summed E-state index contributed by atoms with van der Waals surface area (Å²) in [5.41, 5.74) is 3.96. The Morgan fingerprint density at radius 2 is 1.74 bits per heavy atom. The van der Waals surface area contributed by atoms with E-state index in [1.807, 2.05) is 75.4 Å². The molecule has 0 aliphatic carbocycles. The zero-order chi connectivity index (χ0) is 19.4. The number of amides is 2. The molecule has 0 fully saturated rings. The van der Waals surface area contributed by atoms with E-state index in [4.69, 9.17) is 0 Å². The Bertz CT molecular complexity index is 979. The number of hydrogen-bond donors (Lipinski definition) is 2. The number of pyridine rings is 1. The molecule has 0 radical (unpaired) electrons. The van der Waals surface area contributed by atoms with Crippen molar-refractivity contribution in [2.75, 3.05) is 5.32 Å². The van der Waals surface area contributed by atoms with Crippen molar-refractivity contribution in [1.82, 2.24) is 10.3 Å². The van der Waals surface area contributed by atoms with E-state index in [1.54, 1.807) is 0 Å². The number of fused-ring (bicyclic) bond motifs is 1. The van der Waals surface area contributed by atoms with Gasteiger partial charge in [-0.1, -0.05) is 44.2 Å². The number of hydrogen-bond acceptors (Lipinski definition) is 3. The van der Waals surface area contributed by atoms with Crippen molar-refractivity contribution in [2.24, 2.45) is 5.92 Å². The Kier molecular flexibility index (Phi) is 5.50. The lowest BCUT2D eigenvalue weighted by molar-refractivity contribution is -0.118. The minimum absolute atomic E-state index is 0.0176. The fourth-order valence-electron chi connectivity index (χ4n) is 2.77. The van der Waals surface area contributed by atoms with E-state index in [-0.39, 0.29) is 17.7 Å². The van der Waals surface area contributed by atoms with Crippen molar-refractivity contribution in [2.45, 2.75) is 27.3 Å². The number of rotatable bonds is 5. The molecule has 0 atom stereocenters. The largest absolute Gasteiger partial charge is 0.348 e. The summed E-state index contributed by atoms with van der Waals surface area (Å²) in [5, 5.41) is 6.65. The number of carbonyl (C=O) groups excluding carboxylic acids is 2. The van der Waals surface area contributed by atoms with Crippen molar-refractivity contribution in [3.63, 3.8) is 0 Å². The summed E-state index contributed by atoms with van der Waals surface area (Å²) >= 11 is 0. The van der Waals surface area contributed by atoms with E-state index >= 15 is 0 Å². The van der Waals surface area contributed by atoms with Crippen LogP contribution in [0.5, 0.6) is 0 Å². The summed E-state index contributed by atoms with van der Waals surface area (Å²) in [6, 6.07) is 16.9. The highest BCUT2D eigenvalue weighted by atomic mass is 16.2. The molecule has 0 aliphatic rings. The molecule has 3 rings (SSSR count). The Labute approximate surface area is 158 Å². The highest BCUT2D eigenvalue weighted by Crippen LogP contribution is 2.18. The zero-order valence-electron chi connectivity index (χ0n) is 15.7. The number of nitrogens with one attached hydrogen (secondary N) is 2. The van der Waals surface area contributed by atoms with Gasteiger partial charge >= 0.3 is 0 Å². The van der Waals surface area contributed by atoms with E-state index in [9.17, 15) is 9.59 Å². The molecule has 1 heterocycles. The van der Waals surface area contributed by atoms with Gasteiger partial charge in [0, 0.05) is 29.2 Å². The van der Waals surface area contributed by atoms with Crippen LogP contribution in [0, 0.1) is 12.8 Å². The molecule has 0 saturated carbocycles. The van der Waals surface area contributed by atoms with Gasteiger partial charge in [-0.3, -0.25) is 14.6 Å². The van der Waals surface area contributed by atoms with E-state index in [0.717, 1.165) is 27.8 Å². The molecule has 0 aliphatic heterocycles. The number of para-hydroxylation sites is 1. The van der Waals surface area contributed by atoms with Crippen molar-refractivity contribution in [3.8, 4) is 0 Å². The van der Waals surface area contributed by atoms with Crippen LogP contribution in [-0.2, 0) is 11.3 Å². The third-order valence-corrected chi connectivity index (χ3v) is 4.29. The molecule has 0 unspecified atom stereocenters. The van der Waals surface area contributed by atoms with Crippen molar-refractivity contribution < 1.29 is 9.59 Å². The molecule has 1 aromatic heterocycles. The minimum atomic E-state index is -0.131. The van der Waals surface area contributed by atoms with Crippen LogP contribution in [-0.4, -0.2) is 16.8 Å². The van der Waals surface area contributed by atoms with E-state index in [2.05, 4.69) is 15.6 Å². The lowest BCUT2D eigenvalue weighted by Crippen LogP contribution is -2.23. The first-order valence-corrected chi connectivity index (χ1v) is 8.98. The second kappa shape index (κ2) is 7.99.